The molecule has 1 aliphatic rings. The lowest BCUT2D eigenvalue weighted by molar-refractivity contribution is 0.0902. The van der Waals surface area contributed by atoms with Gasteiger partial charge < -0.3 is 14.5 Å². The normalized spacial score (nSPS) is 15.3. The van der Waals surface area contributed by atoms with Gasteiger partial charge >= 0.3 is 6.09 Å². The van der Waals surface area contributed by atoms with Crippen molar-refractivity contribution in [1.82, 2.24) is 9.88 Å². The number of rotatable bonds is 3. The maximum Gasteiger partial charge on any atom is 0.409 e. The predicted molar refractivity (Wildman–Crippen MR) is 91.7 cm³/mol. The molecule has 5 heteroatoms. The van der Waals surface area contributed by atoms with Gasteiger partial charge in [0, 0.05) is 37.8 Å². The van der Waals surface area contributed by atoms with Crippen LogP contribution in [0, 0.1) is 5.92 Å². The van der Waals surface area contributed by atoms with Crippen LogP contribution in [-0.4, -0.2) is 48.8 Å². The van der Waals surface area contributed by atoms with Crippen molar-refractivity contribution in [1.29, 1.82) is 0 Å². The van der Waals surface area contributed by atoms with Crippen LogP contribution in [0.15, 0.2) is 36.5 Å². The van der Waals surface area contributed by atoms with E-state index in [1.54, 1.807) is 4.90 Å². The van der Waals surface area contributed by atoms with Gasteiger partial charge in [0.25, 0.3) is 0 Å². The number of ether oxygens (including phenoxy) is 1. The first kappa shape index (κ1) is 15.6. The van der Waals surface area contributed by atoms with Crippen molar-refractivity contribution in [2.75, 3.05) is 37.7 Å². The van der Waals surface area contributed by atoms with Crippen LogP contribution in [0.25, 0.3) is 10.9 Å². The van der Waals surface area contributed by atoms with Crippen LogP contribution >= 0.6 is 0 Å². The van der Waals surface area contributed by atoms with Crippen molar-refractivity contribution in [3.8, 4) is 0 Å². The second-order valence-electron chi connectivity index (χ2n) is 6.30. The Hall–Kier alpha value is -2.30. The van der Waals surface area contributed by atoms with Gasteiger partial charge in [0.1, 0.15) is 0 Å². The number of carbonyl (C=O) groups excluding carboxylic acids is 1. The molecule has 1 aromatic carbocycles. The molecule has 122 valence electrons. The Labute approximate surface area is 136 Å². The van der Waals surface area contributed by atoms with Crippen LogP contribution in [0.3, 0.4) is 0 Å². The van der Waals surface area contributed by atoms with Gasteiger partial charge in [0.2, 0.25) is 0 Å². The first-order valence-electron chi connectivity index (χ1n) is 8.15. The molecule has 1 aliphatic heterocycles. The molecular weight excluding hydrogens is 290 g/mol. The third-order valence-corrected chi connectivity index (χ3v) is 4.03. The van der Waals surface area contributed by atoms with E-state index >= 15 is 0 Å². The van der Waals surface area contributed by atoms with E-state index in [2.05, 4.69) is 34.1 Å². The molecule has 0 atom stereocenters. The van der Waals surface area contributed by atoms with Crippen molar-refractivity contribution in [2.24, 2.45) is 5.92 Å². The highest BCUT2D eigenvalue weighted by Crippen LogP contribution is 2.25. The highest BCUT2D eigenvalue weighted by Gasteiger charge is 2.23. The zero-order valence-corrected chi connectivity index (χ0v) is 13.7. The number of amides is 1. The minimum absolute atomic E-state index is 0.200. The number of benzene rings is 1. The number of nitrogens with zero attached hydrogens (tertiary/aromatic N) is 3. The van der Waals surface area contributed by atoms with Gasteiger partial charge in [0.15, 0.2) is 0 Å². The number of pyridine rings is 1. The van der Waals surface area contributed by atoms with Crippen LogP contribution < -0.4 is 4.90 Å². The zero-order valence-electron chi connectivity index (χ0n) is 13.7. The lowest BCUT2D eigenvalue weighted by Crippen LogP contribution is -2.49. The highest BCUT2D eigenvalue weighted by atomic mass is 16.6. The van der Waals surface area contributed by atoms with E-state index < -0.39 is 0 Å². The van der Waals surface area contributed by atoms with Crippen molar-refractivity contribution in [3.05, 3.63) is 36.5 Å². The summed E-state index contributed by atoms with van der Waals surface area (Å²) in [5.74, 6) is 0.363. The quantitative estimate of drug-likeness (QED) is 0.873. The molecule has 1 fully saturated rings. The molecule has 0 saturated carbocycles. The molecular formula is C18H23N3O2. The van der Waals surface area contributed by atoms with Crippen LogP contribution in [0.4, 0.5) is 10.5 Å². The van der Waals surface area contributed by atoms with E-state index in [9.17, 15) is 4.79 Å². The average molecular weight is 313 g/mol. The van der Waals surface area contributed by atoms with Gasteiger partial charge in [-0.05, 0) is 18.1 Å². The topological polar surface area (TPSA) is 45.7 Å². The molecule has 1 aromatic heterocycles. The van der Waals surface area contributed by atoms with Crippen LogP contribution in [0.5, 0.6) is 0 Å². The molecule has 5 nitrogen and oxygen atoms in total. The van der Waals surface area contributed by atoms with Gasteiger partial charge in [-0.3, -0.25) is 4.98 Å². The molecule has 23 heavy (non-hydrogen) atoms. The van der Waals surface area contributed by atoms with Crippen molar-refractivity contribution in [2.45, 2.75) is 13.8 Å². The maximum absolute atomic E-state index is 12.0. The second kappa shape index (κ2) is 6.86. The monoisotopic (exact) mass is 313 g/mol. The van der Waals surface area contributed by atoms with Gasteiger partial charge in [0.05, 0.1) is 17.8 Å². The highest BCUT2D eigenvalue weighted by molar-refractivity contribution is 5.90. The van der Waals surface area contributed by atoms with Gasteiger partial charge in [-0.25, -0.2) is 4.79 Å². The number of para-hydroxylation sites is 1. The van der Waals surface area contributed by atoms with Crippen molar-refractivity contribution in [3.63, 3.8) is 0 Å². The molecule has 2 aromatic rings. The summed E-state index contributed by atoms with van der Waals surface area (Å²) in [5, 5.41) is 1.14. The van der Waals surface area contributed by atoms with E-state index in [1.165, 1.54) is 0 Å². The molecule has 0 aliphatic carbocycles. The lowest BCUT2D eigenvalue weighted by Gasteiger charge is -2.35. The van der Waals surface area contributed by atoms with E-state index in [0.717, 1.165) is 29.7 Å². The lowest BCUT2D eigenvalue weighted by atomic mass is 10.1. The number of hydrogen-bond acceptors (Lipinski definition) is 4. The van der Waals surface area contributed by atoms with Crippen LogP contribution in [-0.2, 0) is 4.74 Å². The first-order valence-corrected chi connectivity index (χ1v) is 8.15. The van der Waals surface area contributed by atoms with Crippen LogP contribution in [0.1, 0.15) is 13.8 Å². The van der Waals surface area contributed by atoms with Gasteiger partial charge in [-0.2, -0.15) is 0 Å². The molecule has 1 amide bonds. The standard InChI is InChI=1S/C18H23N3O2/c1-14(2)13-23-18(22)21-11-9-20(10-12-21)16-7-3-5-15-6-4-8-19-17(15)16/h3-8,14H,9-13H2,1-2H3. The molecule has 3 rings (SSSR count). The Bertz CT molecular complexity index is 674. The second-order valence-corrected chi connectivity index (χ2v) is 6.30. The smallest absolute Gasteiger partial charge is 0.409 e. The number of fused-ring (bicyclic) bond motifs is 1. The summed E-state index contributed by atoms with van der Waals surface area (Å²) < 4.78 is 5.31. The summed E-state index contributed by atoms with van der Waals surface area (Å²) in [6, 6.07) is 10.3. The number of aromatic nitrogens is 1. The van der Waals surface area contributed by atoms with Crippen molar-refractivity contribution < 1.29 is 9.53 Å². The Balaban J connectivity index is 1.65. The molecule has 0 N–H and O–H groups in total. The van der Waals surface area contributed by atoms with Gasteiger partial charge in [-0.15, -0.1) is 0 Å². The largest absolute Gasteiger partial charge is 0.449 e. The zero-order chi connectivity index (χ0) is 16.2. The molecule has 2 heterocycles. The summed E-state index contributed by atoms with van der Waals surface area (Å²) in [6.07, 6.45) is 1.63. The van der Waals surface area contributed by atoms with E-state index in [0.29, 0.717) is 25.6 Å². The molecule has 0 unspecified atom stereocenters. The molecule has 0 radical (unpaired) electrons. The van der Waals surface area contributed by atoms with E-state index in [1.807, 2.05) is 26.1 Å². The van der Waals surface area contributed by atoms with Crippen LogP contribution in [0.2, 0.25) is 0 Å². The molecule has 0 spiro atoms. The Morgan fingerprint density at radius 1 is 1.17 bits per heavy atom. The molecule has 1 saturated heterocycles. The number of anilines is 1. The minimum Gasteiger partial charge on any atom is -0.449 e. The number of carbonyl (C=O) groups is 1. The van der Waals surface area contributed by atoms with E-state index in [-0.39, 0.29) is 6.09 Å². The summed E-state index contributed by atoms with van der Waals surface area (Å²) >= 11 is 0. The Kier molecular flexibility index (Phi) is 4.65. The SMILES string of the molecule is CC(C)COC(=O)N1CCN(c2cccc3cccnc23)CC1. The fourth-order valence-electron chi connectivity index (χ4n) is 2.80. The van der Waals surface area contributed by atoms with E-state index in [4.69, 9.17) is 4.74 Å². The average Bonchev–Trinajstić information content (AvgIpc) is 2.59. The van der Waals surface area contributed by atoms with Crippen molar-refractivity contribution >= 4 is 22.7 Å². The summed E-state index contributed by atoms with van der Waals surface area (Å²) in [4.78, 5) is 20.6. The maximum atomic E-state index is 12.0. The van der Waals surface area contributed by atoms with Gasteiger partial charge in [-0.1, -0.05) is 32.0 Å². The first-order chi connectivity index (χ1) is 11.1. The third kappa shape index (κ3) is 3.55. The summed E-state index contributed by atoms with van der Waals surface area (Å²) in [7, 11) is 0. The summed E-state index contributed by atoms with van der Waals surface area (Å²) in [6.45, 7) is 7.52. The summed E-state index contributed by atoms with van der Waals surface area (Å²) in [5.41, 5.74) is 2.16. The fourth-order valence-corrected chi connectivity index (χ4v) is 2.80. The predicted octanol–water partition coefficient (Wildman–Crippen LogP) is 3.15. The third-order valence-electron chi connectivity index (χ3n) is 4.03. The number of hydrogen-bond donors (Lipinski definition) is 0. The number of piperazine rings is 1. The Morgan fingerprint density at radius 3 is 2.65 bits per heavy atom. The Morgan fingerprint density at radius 2 is 1.91 bits per heavy atom. The fraction of sp³-hybridized carbons (Fsp3) is 0.444. The molecule has 0 bridgehead atoms. The minimum atomic E-state index is -0.200.